The van der Waals surface area contributed by atoms with Gasteiger partial charge in [-0.1, -0.05) is 6.92 Å². The Labute approximate surface area is 104 Å². The fourth-order valence-corrected chi connectivity index (χ4v) is 2.44. The number of hydrogen-bond donors (Lipinski definition) is 1. The predicted molar refractivity (Wildman–Crippen MR) is 71.3 cm³/mol. The summed E-state index contributed by atoms with van der Waals surface area (Å²) in [6, 6.07) is 4.81. The maximum Gasteiger partial charge on any atom is 0.142 e. The van der Waals surface area contributed by atoms with Gasteiger partial charge in [0, 0.05) is 19.1 Å². The van der Waals surface area contributed by atoms with Crippen molar-refractivity contribution in [1.29, 1.82) is 0 Å². The van der Waals surface area contributed by atoms with Crippen LogP contribution in [0.15, 0.2) is 12.1 Å². The molecular weight excluding hydrogens is 212 g/mol. The van der Waals surface area contributed by atoms with Crippen LogP contribution in [0, 0.1) is 0 Å². The summed E-state index contributed by atoms with van der Waals surface area (Å²) < 4.78 is 5.27. The number of nitrogens with zero attached hydrogens (tertiary/aromatic N) is 1. The summed E-state index contributed by atoms with van der Waals surface area (Å²) in [6.07, 6.45) is 2.29. The number of methoxy groups -OCH3 is 1. The van der Waals surface area contributed by atoms with Crippen LogP contribution in [0.3, 0.4) is 0 Å². The fraction of sp³-hybridized carbons (Fsp3) is 0.571. The lowest BCUT2D eigenvalue weighted by Gasteiger charge is -2.33. The van der Waals surface area contributed by atoms with E-state index in [4.69, 9.17) is 10.5 Å². The molecule has 0 fully saturated rings. The Morgan fingerprint density at radius 3 is 2.82 bits per heavy atom. The monoisotopic (exact) mass is 234 g/mol. The molecular formula is C14H22N2O. The third kappa shape index (κ3) is 2.39. The van der Waals surface area contributed by atoms with E-state index in [2.05, 4.69) is 30.9 Å². The highest BCUT2D eigenvalue weighted by Crippen LogP contribution is 2.30. The number of benzene rings is 1. The van der Waals surface area contributed by atoms with E-state index in [0.29, 0.717) is 6.04 Å². The zero-order valence-corrected chi connectivity index (χ0v) is 11.0. The van der Waals surface area contributed by atoms with Crippen molar-refractivity contribution in [1.82, 2.24) is 4.90 Å². The first kappa shape index (κ1) is 12.2. The smallest absolute Gasteiger partial charge is 0.142 e. The molecule has 1 aromatic rings. The highest BCUT2D eigenvalue weighted by molar-refractivity contribution is 5.57. The van der Waals surface area contributed by atoms with E-state index in [1.165, 1.54) is 17.5 Å². The molecule has 0 spiro atoms. The van der Waals surface area contributed by atoms with Crippen molar-refractivity contribution in [3.05, 3.63) is 23.3 Å². The average molecular weight is 234 g/mol. The summed E-state index contributed by atoms with van der Waals surface area (Å²) in [5.41, 5.74) is 9.45. The molecule has 17 heavy (non-hydrogen) atoms. The van der Waals surface area contributed by atoms with E-state index in [0.717, 1.165) is 30.9 Å². The lowest BCUT2D eigenvalue weighted by Crippen LogP contribution is -2.37. The zero-order valence-electron chi connectivity index (χ0n) is 11.0. The van der Waals surface area contributed by atoms with Crippen molar-refractivity contribution in [2.75, 3.05) is 19.4 Å². The Balaban J connectivity index is 2.24. The van der Waals surface area contributed by atoms with Crippen molar-refractivity contribution < 1.29 is 4.74 Å². The van der Waals surface area contributed by atoms with Gasteiger partial charge in [-0.05, 0) is 43.0 Å². The first-order valence-electron chi connectivity index (χ1n) is 6.35. The van der Waals surface area contributed by atoms with Crippen molar-refractivity contribution in [3.63, 3.8) is 0 Å². The number of fused-ring (bicyclic) bond motifs is 1. The van der Waals surface area contributed by atoms with Crippen molar-refractivity contribution in [3.8, 4) is 5.75 Å². The third-order valence-corrected chi connectivity index (χ3v) is 3.81. The molecule has 1 aromatic carbocycles. The lowest BCUT2D eigenvalue weighted by molar-refractivity contribution is 0.186. The van der Waals surface area contributed by atoms with E-state index < -0.39 is 0 Å². The molecule has 3 nitrogen and oxygen atoms in total. The Morgan fingerprint density at radius 2 is 2.18 bits per heavy atom. The molecule has 3 heteroatoms. The fourth-order valence-electron chi connectivity index (χ4n) is 2.44. The quantitative estimate of drug-likeness (QED) is 0.816. The topological polar surface area (TPSA) is 38.5 Å². The van der Waals surface area contributed by atoms with Crippen LogP contribution in [-0.4, -0.2) is 24.6 Å². The van der Waals surface area contributed by atoms with Crippen LogP contribution in [-0.2, 0) is 13.0 Å². The maximum absolute atomic E-state index is 5.97. The van der Waals surface area contributed by atoms with Crippen LogP contribution in [0.2, 0.25) is 0 Å². The van der Waals surface area contributed by atoms with Gasteiger partial charge in [-0.25, -0.2) is 0 Å². The van der Waals surface area contributed by atoms with Gasteiger partial charge in [0.15, 0.2) is 0 Å². The molecule has 0 saturated carbocycles. The van der Waals surface area contributed by atoms with E-state index in [1.807, 2.05) is 0 Å². The molecule has 2 rings (SSSR count). The van der Waals surface area contributed by atoms with Gasteiger partial charge in [-0.2, -0.15) is 0 Å². The van der Waals surface area contributed by atoms with E-state index in [-0.39, 0.29) is 0 Å². The summed E-state index contributed by atoms with van der Waals surface area (Å²) in [5.74, 6) is 0.806. The summed E-state index contributed by atoms with van der Waals surface area (Å²) >= 11 is 0. The number of ether oxygens (including phenoxy) is 1. The maximum atomic E-state index is 5.97. The van der Waals surface area contributed by atoms with Crippen LogP contribution in [0.4, 0.5) is 5.69 Å². The number of anilines is 1. The van der Waals surface area contributed by atoms with Gasteiger partial charge >= 0.3 is 0 Å². The highest BCUT2D eigenvalue weighted by atomic mass is 16.5. The van der Waals surface area contributed by atoms with Gasteiger partial charge in [0.25, 0.3) is 0 Å². The first-order valence-corrected chi connectivity index (χ1v) is 6.35. The lowest BCUT2D eigenvalue weighted by atomic mass is 9.97. The van der Waals surface area contributed by atoms with Crippen molar-refractivity contribution in [2.24, 2.45) is 0 Å². The SMILES string of the molecule is CCC(C)N1CCc2cc(OC)c(N)cc2C1. The minimum Gasteiger partial charge on any atom is -0.495 e. The number of nitrogen functional groups attached to an aromatic ring is 1. The van der Waals surface area contributed by atoms with Crippen LogP contribution >= 0.6 is 0 Å². The Morgan fingerprint density at radius 1 is 1.41 bits per heavy atom. The minimum atomic E-state index is 0.645. The zero-order chi connectivity index (χ0) is 12.4. The third-order valence-electron chi connectivity index (χ3n) is 3.81. The highest BCUT2D eigenvalue weighted by Gasteiger charge is 2.20. The molecule has 1 aliphatic rings. The van der Waals surface area contributed by atoms with Crippen molar-refractivity contribution >= 4 is 5.69 Å². The molecule has 1 heterocycles. The second kappa shape index (κ2) is 4.96. The number of rotatable bonds is 3. The summed E-state index contributed by atoms with van der Waals surface area (Å²) in [5, 5.41) is 0. The van der Waals surface area contributed by atoms with E-state index >= 15 is 0 Å². The van der Waals surface area contributed by atoms with Gasteiger partial charge in [0.2, 0.25) is 0 Å². The molecule has 1 atom stereocenters. The summed E-state index contributed by atoms with van der Waals surface area (Å²) in [4.78, 5) is 2.52. The molecule has 2 N–H and O–H groups in total. The van der Waals surface area contributed by atoms with Crippen molar-refractivity contribution in [2.45, 2.75) is 39.3 Å². The standard InChI is InChI=1S/C14H22N2O/c1-4-10(2)16-6-5-11-8-14(17-3)13(15)7-12(11)9-16/h7-8,10H,4-6,9,15H2,1-3H3. The minimum absolute atomic E-state index is 0.645. The molecule has 0 aliphatic carbocycles. The normalized spacial score (nSPS) is 17.6. The van der Waals surface area contributed by atoms with Gasteiger partial charge in [0.1, 0.15) is 5.75 Å². The second-order valence-corrected chi connectivity index (χ2v) is 4.84. The van der Waals surface area contributed by atoms with Gasteiger partial charge in [0.05, 0.1) is 12.8 Å². The van der Waals surface area contributed by atoms with Crippen LogP contribution in [0.25, 0.3) is 0 Å². The number of nitrogens with two attached hydrogens (primary N) is 1. The second-order valence-electron chi connectivity index (χ2n) is 4.84. The number of hydrogen-bond acceptors (Lipinski definition) is 3. The molecule has 94 valence electrons. The molecule has 0 aromatic heterocycles. The molecule has 0 radical (unpaired) electrons. The average Bonchev–Trinajstić information content (AvgIpc) is 2.36. The van der Waals surface area contributed by atoms with Gasteiger partial charge in [-0.15, -0.1) is 0 Å². The molecule has 0 amide bonds. The first-order chi connectivity index (χ1) is 8.15. The Bertz CT molecular complexity index is 403. The van der Waals surface area contributed by atoms with Gasteiger partial charge < -0.3 is 10.5 Å². The van der Waals surface area contributed by atoms with E-state index in [1.54, 1.807) is 7.11 Å². The molecule has 0 bridgehead atoms. The van der Waals surface area contributed by atoms with E-state index in [9.17, 15) is 0 Å². The Hall–Kier alpha value is -1.22. The van der Waals surface area contributed by atoms with Gasteiger partial charge in [-0.3, -0.25) is 4.90 Å². The molecule has 1 unspecified atom stereocenters. The molecule has 1 aliphatic heterocycles. The van der Waals surface area contributed by atoms with Crippen LogP contribution in [0.1, 0.15) is 31.4 Å². The largest absolute Gasteiger partial charge is 0.495 e. The van der Waals surface area contributed by atoms with Crippen LogP contribution < -0.4 is 10.5 Å². The summed E-state index contributed by atoms with van der Waals surface area (Å²) in [6.45, 7) is 6.67. The van der Waals surface area contributed by atoms with Crippen LogP contribution in [0.5, 0.6) is 5.75 Å². The summed E-state index contributed by atoms with van der Waals surface area (Å²) in [7, 11) is 1.67. The molecule has 0 saturated heterocycles. The Kier molecular flexibility index (Phi) is 3.57. The predicted octanol–water partition coefficient (Wildman–Crippen LogP) is 2.43.